The van der Waals surface area contributed by atoms with Crippen LogP contribution in [0.4, 0.5) is 5.69 Å². The van der Waals surface area contributed by atoms with E-state index in [2.05, 4.69) is 20.3 Å². The quantitative estimate of drug-likeness (QED) is 0.722. The smallest absolute Gasteiger partial charge is 0.0602 e. The molecule has 0 radical (unpaired) electrons. The summed E-state index contributed by atoms with van der Waals surface area (Å²) in [5, 5.41) is 1.14. The Kier molecular flexibility index (Phi) is 1.81. The summed E-state index contributed by atoms with van der Waals surface area (Å²) >= 11 is 4.95. The van der Waals surface area contributed by atoms with E-state index < -0.39 is 0 Å². The third-order valence-electron chi connectivity index (χ3n) is 1.78. The number of benzene rings is 1. The van der Waals surface area contributed by atoms with Gasteiger partial charge in [0.25, 0.3) is 0 Å². The number of aromatic nitrogens is 1. The first-order valence-corrected chi connectivity index (χ1v) is 5.07. The molecule has 0 aliphatic heterocycles. The maximum atomic E-state index is 5.74. The topological polar surface area (TPSA) is 38.9 Å². The van der Waals surface area contributed by atoms with Crippen LogP contribution in [0.2, 0.25) is 0 Å². The average molecular weight is 243 g/mol. The zero-order valence-electron chi connectivity index (χ0n) is 6.47. The number of nitrogens with two attached hydrogens (primary N) is 1. The van der Waals surface area contributed by atoms with E-state index in [-0.39, 0.29) is 0 Å². The second-order valence-electron chi connectivity index (χ2n) is 2.61. The molecule has 1 aromatic heterocycles. The first-order valence-electron chi connectivity index (χ1n) is 3.50. The van der Waals surface area contributed by atoms with Gasteiger partial charge >= 0.3 is 0 Å². The SMILES string of the molecule is Cc1nsc2ccc(N)c(Br)c12. The number of aryl methyl sites for hydroxylation is 1. The number of halogens is 1. The number of nitrogens with zero attached hydrogens (tertiary/aromatic N) is 1. The van der Waals surface area contributed by atoms with Gasteiger partial charge in [-0.1, -0.05) is 0 Å². The van der Waals surface area contributed by atoms with Crippen molar-refractivity contribution in [2.45, 2.75) is 6.92 Å². The molecule has 2 nitrogen and oxygen atoms in total. The Hall–Kier alpha value is -0.610. The van der Waals surface area contributed by atoms with Crippen LogP contribution in [-0.2, 0) is 0 Å². The fraction of sp³-hybridized carbons (Fsp3) is 0.125. The molecule has 1 heterocycles. The summed E-state index contributed by atoms with van der Waals surface area (Å²) < 4.78 is 6.39. The van der Waals surface area contributed by atoms with Crippen molar-refractivity contribution in [2.75, 3.05) is 5.73 Å². The summed E-state index contributed by atoms with van der Waals surface area (Å²) in [5.74, 6) is 0. The van der Waals surface area contributed by atoms with E-state index >= 15 is 0 Å². The van der Waals surface area contributed by atoms with Crippen molar-refractivity contribution in [2.24, 2.45) is 0 Å². The molecule has 0 saturated heterocycles. The van der Waals surface area contributed by atoms with E-state index in [4.69, 9.17) is 5.73 Å². The molecule has 0 amide bonds. The molecule has 2 N–H and O–H groups in total. The normalized spacial score (nSPS) is 10.8. The molecular weight excluding hydrogens is 236 g/mol. The monoisotopic (exact) mass is 242 g/mol. The third-order valence-corrected chi connectivity index (χ3v) is 3.53. The summed E-state index contributed by atoms with van der Waals surface area (Å²) in [6.45, 7) is 1.99. The van der Waals surface area contributed by atoms with E-state index in [1.807, 2.05) is 19.1 Å². The van der Waals surface area contributed by atoms with Gasteiger partial charge in [0.2, 0.25) is 0 Å². The zero-order valence-corrected chi connectivity index (χ0v) is 8.87. The summed E-state index contributed by atoms with van der Waals surface area (Å²) in [5.41, 5.74) is 7.55. The van der Waals surface area contributed by atoms with E-state index in [1.54, 1.807) is 0 Å². The van der Waals surface area contributed by atoms with Crippen LogP contribution in [0, 0.1) is 6.92 Å². The first-order chi connectivity index (χ1) is 5.70. The predicted octanol–water partition coefficient (Wildman–Crippen LogP) is 2.95. The van der Waals surface area contributed by atoms with Crippen molar-refractivity contribution in [1.82, 2.24) is 4.37 Å². The van der Waals surface area contributed by atoms with E-state index in [0.29, 0.717) is 0 Å². The lowest BCUT2D eigenvalue weighted by molar-refractivity contribution is 1.37. The van der Waals surface area contributed by atoms with Crippen molar-refractivity contribution in [3.8, 4) is 0 Å². The molecule has 2 aromatic rings. The molecule has 12 heavy (non-hydrogen) atoms. The molecule has 0 bridgehead atoms. The van der Waals surface area contributed by atoms with Crippen molar-refractivity contribution in [1.29, 1.82) is 0 Å². The molecule has 0 aliphatic carbocycles. The fourth-order valence-corrected chi connectivity index (χ4v) is 2.71. The van der Waals surface area contributed by atoms with Gasteiger partial charge in [-0.05, 0) is 46.5 Å². The molecule has 0 spiro atoms. The van der Waals surface area contributed by atoms with Crippen LogP contribution in [0.1, 0.15) is 5.69 Å². The highest BCUT2D eigenvalue weighted by atomic mass is 79.9. The third kappa shape index (κ3) is 1.03. The molecule has 0 atom stereocenters. The Morgan fingerprint density at radius 2 is 2.25 bits per heavy atom. The van der Waals surface area contributed by atoms with Crippen LogP contribution >= 0.6 is 27.5 Å². The maximum absolute atomic E-state index is 5.74. The van der Waals surface area contributed by atoms with Crippen molar-refractivity contribution in [3.05, 3.63) is 22.3 Å². The lowest BCUT2D eigenvalue weighted by atomic mass is 10.2. The van der Waals surface area contributed by atoms with E-state index in [1.165, 1.54) is 16.2 Å². The molecule has 1 aromatic carbocycles. The number of hydrogen-bond acceptors (Lipinski definition) is 3. The van der Waals surface area contributed by atoms with Crippen LogP contribution in [-0.4, -0.2) is 4.37 Å². The Bertz CT molecular complexity index is 436. The van der Waals surface area contributed by atoms with Gasteiger partial charge in [0.15, 0.2) is 0 Å². The van der Waals surface area contributed by atoms with Gasteiger partial charge in [0.1, 0.15) is 0 Å². The van der Waals surface area contributed by atoms with Crippen molar-refractivity contribution < 1.29 is 0 Å². The van der Waals surface area contributed by atoms with Gasteiger partial charge in [-0.2, -0.15) is 4.37 Å². The van der Waals surface area contributed by atoms with Gasteiger partial charge in [-0.3, -0.25) is 0 Å². The molecule has 0 saturated carbocycles. The summed E-state index contributed by atoms with van der Waals surface area (Å²) in [7, 11) is 0. The lowest BCUT2D eigenvalue weighted by Crippen LogP contribution is -1.86. The second kappa shape index (κ2) is 2.71. The average Bonchev–Trinajstić information content (AvgIpc) is 2.41. The molecule has 2 rings (SSSR count). The molecule has 4 heteroatoms. The molecular formula is C8H7BrN2S. The van der Waals surface area contributed by atoms with Crippen molar-refractivity contribution >= 4 is 43.2 Å². The lowest BCUT2D eigenvalue weighted by Gasteiger charge is -1.98. The number of anilines is 1. The Morgan fingerprint density at radius 1 is 1.50 bits per heavy atom. The van der Waals surface area contributed by atoms with Gasteiger partial charge in [-0.25, -0.2) is 0 Å². The molecule has 62 valence electrons. The number of fused-ring (bicyclic) bond motifs is 1. The maximum Gasteiger partial charge on any atom is 0.0602 e. The van der Waals surface area contributed by atoms with Gasteiger partial charge in [0, 0.05) is 11.1 Å². The highest BCUT2D eigenvalue weighted by Crippen LogP contribution is 2.33. The van der Waals surface area contributed by atoms with E-state index in [9.17, 15) is 0 Å². The largest absolute Gasteiger partial charge is 0.398 e. The summed E-state index contributed by atoms with van der Waals surface area (Å²) in [4.78, 5) is 0. The Labute approximate surface area is 82.7 Å². The summed E-state index contributed by atoms with van der Waals surface area (Å²) in [6.07, 6.45) is 0. The van der Waals surface area contributed by atoms with Gasteiger partial charge in [0.05, 0.1) is 14.9 Å². The highest BCUT2D eigenvalue weighted by Gasteiger charge is 2.07. The number of nitrogen functional groups attached to an aromatic ring is 1. The van der Waals surface area contributed by atoms with Crippen LogP contribution in [0.25, 0.3) is 10.1 Å². The predicted molar refractivity (Wildman–Crippen MR) is 56.5 cm³/mol. The van der Waals surface area contributed by atoms with Gasteiger partial charge < -0.3 is 5.73 Å². The molecule has 0 unspecified atom stereocenters. The number of rotatable bonds is 0. The Balaban J connectivity index is 2.96. The van der Waals surface area contributed by atoms with Crippen LogP contribution in [0.15, 0.2) is 16.6 Å². The second-order valence-corrected chi connectivity index (χ2v) is 4.21. The first kappa shape index (κ1) is 8.01. The van der Waals surface area contributed by atoms with Crippen molar-refractivity contribution in [3.63, 3.8) is 0 Å². The molecule has 0 aliphatic rings. The number of hydrogen-bond donors (Lipinski definition) is 1. The summed E-state index contributed by atoms with van der Waals surface area (Å²) in [6, 6.07) is 3.89. The Morgan fingerprint density at radius 3 is 3.00 bits per heavy atom. The zero-order chi connectivity index (χ0) is 8.72. The van der Waals surface area contributed by atoms with E-state index in [0.717, 1.165) is 21.2 Å². The van der Waals surface area contributed by atoms with Crippen LogP contribution < -0.4 is 5.73 Å². The van der Waals surface area contributed by atoms with Gasteiger partial charge in [-0.15, -0.1) is 0 Å². The minimum absolute atomic E-state index is 0.769. The minimum atomic E-state index is 0.769. The fourth-order valence-electron chi connectivity index (χ4n) is 1.15. The highest BCUT2D eigenvalue weighted by molar-refractivity contribution is 9.10. The molecule has 0 fully saturated rings. The van der Waals surface area contributed by atoms with Crippen LogP contribution in [0.3, 0.4) is 0 Å². The standard InChI is InChI=1S/C8H7BrN2S/c1-4-7-6(12-11-4)3-2-5(10)8(7)9/h2-3H,10H2,1H3. The minimum Gasteiger partial charge on any atom is -0.398 e. The van der Waals surface area contributed by atoms with Crippen LogP contribution in [0.5, 0.6) is 0 Å².